The van der Waals surface area contributed by atoms with E-state index in [1.807, 2.05) is 25.3 Å². The van der Waals surface area contributed by atoms with Gasteiger partial charge in [-0.05, 0) is 69.0 Å². The van der Waals surface area contributed by atoms with Crippen molar-refractivity contribution in [2.24, 2.45) is 5.41 Å². The Hall–Kier alpha value is -3.87. The maximum absolute atomic E-state index is 14.2. The molecule has 0 bridgehead atoms. The zero-order valence-electron chi connectivity index (χ0n) is 27.1. The lowest BCUT2D eigenvalue weighted by Gasteiger charge is -2.33. The number of terminal acetylenes is 1. The van der Waals surface area contributed by atoms with Crippen LogP contribution in [-0.4, -0.2) is 82.8 Å². The number of amides is 1. The maximum atomic E-state index is 14.2. The molecule has 46 heavy (non-hydrogen) atoms. The van der Waals surface area contributed by atoms with Gasteiger partial charge in [0.05, 0.1) is 37.1 Å². The van der Waals surface area contributed by atoms with Crippen molar-refractivity contribution < 1.29 is 19.4 Å². The Morgan fingerprint density at radius 3 is 2.67 bits per heavy atom. The second-order valence-corrected chi connectivity index (χ2v) is 13.8. The molecular weight excluding hydrogens is 578 g/mol. The van der Waals surface area contributed by atoms with Crippen molar-refractivity contribution in [3.05, 3.63) is 52.7 Å². The van der Waals surface area contributed by atoms with E-state index in [2.05, 4.69) is 22.6 Å². The Balaban J connectivity index is 1.15. The molecule has 3 aromatic rings. The van der Waals surface area contributed by atoms with Gasteiger partial charge in [0.2, 0.25) is 0 Å². The number of rotatable bonds is 8. The molecule has 242 valence electrons. The van der Waals surface area contributed by atoms with Gasteiger partial charge in [-0.15, -0.1) is 6.42 Å². The minimum absolute atomic E-state index is 0.0355. The summed E-state index contributed by atoms with van der Waals surface area (Å²) >= 11 is 0. The van der Waals surface area contributed by atoms with Crippen LogP contribution in [0.5, 0.6) is 11.8 Å². The standard InChI is InChI=1S/C37H45N5O4/c1-4-26-10-8-11-27-19-28(43)20-30(33(26)27)35(44)41-21-31-32(22-41)38-36(39-34(31)42-16-7-5-6-9-25(42)2)46-24-37(14-15-37)23-40-17-12-29(45-3)13-18-40/h1,8,10-11,19-20,25,29,43H,5-7,9,12-18,21-24H2,2-3H3/t25-/m1/s1. The summed E-state index contributed by atoms with van der Waals surface area (Å²) in [4.78, 5) is 30.9. The molecule has 2 saturated heterocycles. The summed E-state index contributed by atoms with van der Waals surface area (Å²) in [5.41, 5.74) is 2.99. The van der Waals surface area contributed by atoms with Gasteiger partial charge in [0.25, 0.3) is 5.91 Å². The molecule has 1 aromatic heterocycles. The summed E-state index contributed by atoms with van der Waals surface area (Å²) in [6, 6.07) is 9.45. The summed E-state index contributed by atoms with van der Waals surface area (Å²) in [5, 5.41) is 11.9. The number of hydrogen-bond donors (Lipinski definition) is 1. The van der Waals surface area contributed by atoms with E-state index in [9.17, 15) is 9.90 Å². The molecule has 1 N–H and O–H groups in total. The topological polar surface area (TPSA) is 91.3 Å². The first-order chi connectivity index (χ1) is 22.4. The molecule has 0 spiro atoms. The molecule has 3 aliphatic heterocycles. The van der Waals surface area contributed by atoms with Gasteiger partial charge in [0, 0.05) is 61.3 Å². The average molecular weight is 624 g/mol. The van der Waals surface area contributed by atoms with E-state index in [1.165, 1.54) is 18.9 Å². The first kappa shape index (κ1) is 30.8. The maximum Gasteiger partial charge on any atom is 0.318 e. The third-order valence-corrected chi connectivity index (χ3v) is 10.6. The predicted molar refractivity (Wildman–Crippen MR) is 178 cm³/mol. The number of anilines is 1. The summed E-state index contributed by atoms with van der Waals surface area (Å²) in [6.45, 7) is 7.68. The largest absolute Gasteiger partial charge is 0.508 e. The molecule has 9 nitrogen and oxygen atoms in total. The quantitative estimate of drug-likeness (QED) is 0.329. The van der Waals surface area contributed by atoms with E-state index in [4.69, 9.17) is 25.9 Å². The zero-order chi connectivity index (χ0) is 31.8. The molecule has 7 rings (SSSR count). The molecule has 2 aromatic carbocycles. The van der Waals surface area contributed by atoms with Crippen LogP contribution in [0.15, 0.2) is 30.3 Å². The Bertz CT molecular complexity index is 1660. The van der Waals surface area contributed by atoms with Crippen molar-refractivity contribution >= 4 is 22.5 Å². The van der Waals surface area contributed by atoms with E-state index in [0.29, 0.717) is 54.4 Å². The predicted octanol–water partition coefficient (Wildman–Crippen LogP) is 5.51. The van der Waals surface area contributed by atoms with E-state index >= 15 is 0 Å². The summed E-state index contributed by atoms with van der Waals surface area (Å²) in [7, 11) is 1.81. The lowest BCUT2D eigenvalue weighted by Crippen LogP contribution is -2.41. The smallest absolute Gasteiger partial charge is 0.318 e. The number of phenols is 1. The van der Waals surface area contributed by atoms with Gasteiger partial charge in [0.1, 0.15) is 11.6 Å². The zero-order valence-corrected chi connectivity index (χ0v) is 27.1. The van der Waals surface area contributed by atoms with Crippen LogP contribution in [0.1, 0.15) is 85.5 Å². The molecule has 0 unspecified atom stereocenters. The van der Waals surface area contributed by atoms with Crippen LogP contribution >= 0.6 is 0 Å². The van der Waals surface area contributed by atoms with Crippen LogP contribution in [0, 0.1) is 17.8 Å². The third-order valence-electron chi connectivity index (χ3n) is 10.6. The first-order valence-corrected chi connectivity index (χ1v) is 16.9. The van der Waals surface area contributed by atoms with Gasteiger partial charge < -0.3 is 29.3 Å². The molecule has 1 amide bonds. The van der Waals surface area contributed by atoms with E-state index in [-0.39, 0.29) is 17.1 Å². The van der Waals surface area contributed by atoms with Crippen LogP contribution in [0.2, 0.25) is 0 Å². The van der Waals surface area contributed by atoms with E-state index < -0.39 is 0 Å². The van der Waals surface area contributed by atoms with Crippen molar-refractivity contribution in [2.45, 2.75) is 83.5 Å². The van der Waals surface area contributed by atoms with E-state index in [0.717, 1.165) is 87.2 Å². The van der Waals surface area contributed by atoms with Gasteiger partial charge >= 0.3 is 6.01 Å². The Morgan fingerprint density at radius 1 is 1.09 bits per heavy atom. The number of methoxy groups -OCH3 is 1. The molecule has 1 atom stereocenters. The van der Waals surface area contributed by atoms with Gasteiger partial charge in [-0.25, -0.2) is 0 Å². The van der Waals surface area contributed by atoms with Crippen molar-refractivity contribution in [3.8, 4) is 24.1 Å². The Labute approximate surface area is 271 Å². The fourth-order valence-corrected chi connectivity index (χ4v) is 7.64. The number of phenolic OH excluding ortho intramolecular Hbond substituents is 1. The van der Waals surface area contributed by atoms with Crippen molar-refractivity contribution in [1.82, 2.24) is 19.8 Å². The highest BCUT2D eigenvalue weighted by Gasteiger charge is 2.45. The highest BCUT2D eigenvalue weighted by Crippen LogP contribution is 2.47. The Morgan fingerprint density at radius 2 is 1.91 bits per heavy atom. The van der Waals surface area contributed by atoms with Gasteiger partial charge in [-0.2, -0.15) is 9.97 Å². The number of hydrogen-bond acceptors (Lipinski definition) is 8. The summed E-state index contributed by atoms with van der Waals surface area (Å²) in [6.07, 6.45) is 15.3. The minimum atomic E-state index is -0.187. The number of piperidine rings is 1. The number of aromatic nitrogens is 2. The molecular formula is C37H45N5O4. The SMILES string of the molecule is C#Cc1cccc2cc(O)cc(C(=O)N3Cc4nc(OCC5(CN6CCC(OC)CC6)CC5)nc(N5CCCCC[C@H]5C)c4C3)c12. The van der Waals surface area contributed by atoms with Gasteiger partial charge in [-0.3, -0.25) is 4.79 Å². The molecule has 0 radical (unpaired) electrons. The number of carbonyl (C=O) groups excluding carboxylic acids is 1. The summed E-state index contributed by atoms with van der Waals surface area (Å²) < 4.78 is 12.0. The monoisotopic (exact) mass is 623 g/mol. The number of ether oxygens (including phenoxy) is 2. The highest BCUT2D eigenvalue weighted by molar-refractivity contribution is 6.09. The minimum Gasteiger partial charge on any atom is -0.508 e. The third kappa shape index (κ3) is 6.13. The van der Waals surface area contributed by atoms with E-state index in [1.54, 1.807) is 11.0 Å². The van der Waals surface area contributed by atoms with Gasteiger partial charge in [-0.1, -0.05) is 30.9 Å². The van der Waals surface area contributed by atoms with Gasteiger partial charge in [0.15, 0.2) is 0 Å². The van der Waals surface area contributed by atoms with Crippen LogP contribution in [0.4, 0.5) is 5.82 Å². The normalized spacial score (nSPS) is 21.5. The van der Waals surface area contributed by atoms with Crippen LogP contribution < -0.4 is 9.64 Å². The number of benzene rings is 2. The summed E-state index contributed by atoms with van der Waals surface area (Å²) in [5.74, 6) is 3.46. The molecule has 4 heterocycles. The Kier molecular flexibility index (Phi) is 8.51. The van der Waals surface area contributed by atoms with Crippen molar-refractivity contribution in [2.75, 3.05) is 44.8 Å². The lowest BCUT2D eigenvalue weighted by molar-refractivity contribution is 0.0313. The lowest BCUT2D eigenvalue weighted by atomic mass is 9.98. The van der Waals surface area contributed by atoms with Crippen LogP contribution in [-0.2, 0) is 17.8 Å². The molecule has 4 aliphatic rings. The number of carbonyl (C=O) groups is 1. The fraction of sp³-hybridized carbons (Fsp3) is 0.541. The van der Waals surface area contributed by atoms with Crippen molar-refractivity contribution in [1.29, 1.82) is 0 Å². The molecule has 1 saturated carbocycles. The van der Waals surface area contributed by atoms with Crippen LogP contribution in [0.25, 0.3) is 10.8 Å². The second-order valence-electron chi connectivity index (χ2n) is 13.8. The fourth-order valence-electron chi connectivity index (χ4n) is 7.64. The molecule has 9 heteroatoms. The second kappa shape index (κ2) is 12.7. The molecule has 3 fully saturated rings. The number of nitrogens with zero attached hydrogens (tertiary/aromatic N) is 5. The number of aromatic hydroxyl groups is 1. The number of likely N-dealkylation sites (tertiary alicyclic amines) is 1. The van der Waals surface area contributed by atoms with Crippen molar-refractivity contribution in [3.63, 3.8) is 0 Å². The first-order valence-electron chi connectivity index (χ1n) is 16.9. The highest BCUT2D eigenvalue weighted by atomic mass is 16.5. The average Bonchev–Trinajstić information content (AvgIpc) is 3.75. The number of fused-ring (bicyclic) bond motifs is 2. The van der Waals surface area contributed by atoms with Crippen LogP contribution in [0.3, 0.4) is 0 Å². The molecule has 1 aliphatic carbocycles.